The maximum Gasteiger partial charge on any atom is 0.273 e. The Morgan fingerprint density at radius 3 is 2.87 bits per heavy atom. The number of aryl methyl sites for hydroxylation is 1. The number of amidine groups is 1. The smallest absolute Gasteiger partial charge is 0.273 e. The number of hydrogen-bond acceptors (Lipinski definition) is 9. The number of para-hydroxylation sites is 1. The van der Waals surface area contributed by atoms with Gasteiger partial charge in [0.05, 0.1) is 24.0 Å². The zero-order valence-electron chi connectivity index (χ0n) is 19.8. The monoisotopic (exact) mass is 423 g/mol. The van der Waals surface area contributed by atoms with Crippen LogP contribution in [0.25, 0.3) is 11.4 Å². The highest BCUT2D eigenvalue weighted by atomic mass is 16.5. The van der Waals surface area contributed by atoms with Crippen molar-refractivity contribution in [1.82, 2.24) is 35.6 Å². The molecule has 3 rings (SSSR count). The van der Waals surface area contributed by atoms with E-state index in [-0.39, 0.29) is 23.0 Å². The van der Waals surface area contributed by atoms with E-state index in [9.17, 15) is 4.79 Å². The highest BCUT2D eigenvalue weighted by Crippen LogP contribution is 2.37. The summed E-state index contributed by atoms with van der Waals surface area (Å²) in [6.45, 7) is -1.19. The first-order chi connectivity index (χ1) is 16.1. The molecule has 0 fully saturated rings. The summed E-state index contributed by atoms with van der Waals surface area (Å²) in [5.41, 5.74) is 0.815. The van der Waals surface area contributed by atoms with Crippen LogP contribution in [0.1, 0.15) is 21.5 Å². The predicted octanol–water partition coefficient (Wildman–Crippen LogP) is 1.50. The van der Waals surface area contributed by atoms with E-state index < -0.39 is 12.9 Å². The van der Waals surface area contributed by atoms with Crippen molar-refractivity contribution in [2.24, 2.45) is 12.0 Å². The summed E-state index contributed by atoms with van der Waals surface area (Å²) < 4.78 is 29.0. The van der Waals surface area contributed by atoms with Gasteiger partial charge >= 0.3 is 0 Å². The van der Waals surface area contributed by atoms with Crippen LogP contribution in [0.15, 0.2) is 35.6 Å². The minimum atomic E-state index is -2.73. The number of amides is 1. The van der Waals surface area contributed by atoms with Crippen molar-refractivity contribution in [3.63, 3.8) is 0 Å². The maximum atomic E-state index is 12.6. The highest BCUT2D eigenvalue weighted by Gasteiger charge is 2.19. The van der Waals surface area contributed by atoms with E-state index in [1.165, 1.54) is 13.2 Å². The van der Waals surface area contributed by atoms with Crippen LogP contribution >= 0.6 is 0 Å². The molecular weight excluding hydrogens is 400 g/mol. The zero-order valence-corrected chi connectivity index (χ0v) is 16.8. The number of hydrogen-bond donors (Lipinski definition) is 3. The summed E-state index contributed by atoms with van der Waals surface area (Å²) in [4.78, 5) is 20.9. The number of nitriles is 1. The van der Waals surface area contributed by atoms with Crippen LogP contribution in [0.5, 0.6) is 5.75 Å². The van der Waals surface area contributed by atoms with Gasteiger partial charge in [-0.15, -0.1) is 10.2 Å². The molecule has 1 amide bonds. The number of aromatic nitrogens is 5. The van der Waals surface area contributed by atoms with Crippen molar-refractivity contribution in [2.75, 3.05) is 19.4 Å². The number of carbonyl (C=O) groups is 1. The van der Waals surface area contributed by atoms with Crippen molar-refractivity contribution in [2.45, 2.75) is 6.92 Å². The van der Waals surface area contributed by atoms with Crippen LogP contribution in [0, 0.1) is 11.5 Å². The first-order valence-corrected chi connectivity index (χ1v) is 8.82. The molecule has 0 aliphatic heterocycles. The van der Waals surface area contributed by atoms with Crippen LogP contribution in [0.4, 0.5) is 17.2 Å². The van der Waals surface area contributed by atoms with Gasteiger partial charge in [-0.1, -0.05) is 6.07 Å². The molecular formula is C19H20N10O2. The van der Waals surface area contributed by atoms with E-state index in [2.05, 4.69) is 35.9 Å². The normalized spacial score (nSPS) is 12.7. The van der Waals surface area contributed by atoms with Gasteiger partial charge in [-0.25, -0.2) is 9.98 Å². The number of benzene rings is 1. The van der Waals surface area contributed by atoms with E-state index in [1.54, 1.807) is 49.4 Å². The topological polar surface area (TPSA) is 155 Å². The second-order valence-electron chi connectivity index (χ2n) is 6.11. The highest BCUT2D eigenvalue weighted by molar-refractivity contribution is 5.99. The molecule has 12 heteroatoms. The number of nitrogens with one attached hydrogen (secondary N) is 3. The lowest BCUT2D eigenvalue weighted by Crippen LogP contribution is -2.21. The molecule has 0 bridgehead atoms. The number of aliphatic imine (C=N–C) groups is 1. The molecule has 2 aromatic heterocycles. The van der Waals surface area contributed by atoms with Crippen molar-refractivity contribution < 1.29 is 13.6 Å². The third-order valence-electron chi connectivity index (χ3n) is 3.96. The number of ether oxygens (including phenoxy) is 1. The minimum Gasteiger partial charge on any atom is -0.494 e. The molecule has 0 saturated carbocycles. The summed E-state index contributed by atoms with van der Waals surface area (Å²) >= 11 is 0. The molecule has 1 aromatic carbocycles. The van der Waals surface area contributed by atoms with Crippen molar-refractivity contribution in [3.05, 3.63) is 36.3 Å². The zero-order chi connectivity index (χ0) is 24.9. The maximum absolute atomic E-state index is 12.6. The molecule has 3 aromatic rings. The molecule has 158 valence electrons. The lowest BCUT2D eigenvalue weighted by Gasteiger charge is -2.15. The van der Waals surface area contributed by atoms with Gasteiger partial charge in [-0.05, 0) is 19.1 Å². The Hall–Kier alpha value is -4.53. The number of nitrogens with zero attached hydrogens (tertiary/aromatic N) is 7. The summed E-state index contributed by atoms with van der Waals surface area (Å²) in [6, 6.07) is 6.56. The van der Waals surface area contributed by atoms with Crippen LogP contribution in [0.3, 0.4) is 0 Å². The van der Waals surface area contributed by atoms with E-state index in [1.807, 2.05) is 5.32 Å². The third kappa shape index (κ3) is 4.73. The Balaban J connectivity index is 2.09. The molecule has 2 heterocycles. The van der Waals surface area contributed by atoms with Gasteiger partial charge in [0.2, 0.25) is 0 Å². The Bertz CT molecular complexity index is 1280. The standard InChI is InChI=1S/C19H20N10O2/c1-11(22-9-20)24-15-8-14(16(27-26-15)19(30)21-2)25-13-7-5-6-12(17(13)31-4)18-23-10-29(3)28-18/h5-8,10H,1-4H3,(H,21,30)(H2,22,24,25,26)/i2D3. The number of carbonyl (C=O) groups excluding carboxylic acids is 1. The molecule has 0 unspecified atom stereocenters. The van der Waals surface area contributed by atoms with Gasteiger partial charge < -0.3 is 15.4 Å². The number of methoxy groups -OCH3 is 1. The summed E-state index contributed by atoms with van der Waals surface area (Å²) in [5.74, 6) is 0.122. The molecule has 0 aliphatic rings. The van der Waals surface area contributed by atoms with E-state index in [4.69, 9.17) is 14.1 Å². The molecule has 0 saturated heterocycles. The van der Waals surface area contributed by atoms with Gasteiger partial charge in [0.1, 0.15) is 12.2 Å². The minimum absolute atomic E-state index is 0.0645. The lowest BCUT2D eigenvalue weighted by molar-refractivity contribution is 0.0958. The first-order valence-electron chi connectivity index (χ1n) is 10.3. The lowest BCUT2D eigenvalue weighted by atomic mass is 10.1. The fourth-order valence-electron chi connectivity index (χ4n) is 2.68. The predicted molar refractivity (Wildman–Crippen MR) is 113 cm³/mol. The number of rotatable bonds is 6. The fourth-order valence-corrected chi connectivity index (χ4v) is 2.68. The summed E-state index contributed by atoms with van der Waals surface area (Å²) in [5, 5.41) is 28.0. The van der Waals surface area contributed by atoms with Crippen LogP contribution in [-0.2, 0) is 7.05 Å². The largest absolute Gasteiger partial charge is 0.494 e. The average Bonchev–Trinajstić information content (AvgIpc) is 3.18. The fraction of sp³-hybridized carbons (Fsp3) is 0.211. The van der Waals surface area contributed by atoms with Crippen molar-refractivity contribution >= 4 is 28.9 Å². The Morgan fingerprint density at radius 2 is 2.19 bits per heavy atom. The molecule has 0 spiro atoms. The molecule has 31 heavy (non-hydrogen) atoms. The second-order valence-corrected chi connectivity index (χ2v) is 6.11. The van der Waals surface area contributed by atoms with Gasteiger partial charge in [-0.2, -0.15) is 10.4 Å². The summed E-state index contributed by atoms with van der Waals surface area (Å²) in [7, 11) is 3.20. The van der Waals surface area contributed by atoms with Crippen molar-refractivity contribution in [1.29, 1.82) is 5.26 Å². The number of anilines is 2. The van der Waals surface area contributed by atoms with E-state index in [0.29, 0.717) is 22.8 Å². The van der Waals surface area contributed by atoms with Crippen LogP contribution < -0.4 is 20.7 Å². The van der Waals surface area contributed by atoms with Crippen molar-refractivity contribution in [3.8, 4) is 23.3 Å². The quantitative estimate of drug-likeness (QED) is 0.231. The second kappa shape index (κ2) is 9.31. The molecule has 12 nitrogen and oxygen atoms in total. The molecule has 3 N–H and O–H groups in total. The Kier molecular flexibility index (Phi) is 5.21. The molecule has 0 aliphatic carbocycles. The summed E-state index contributed by atoms with van der Waals surface area (Å²) in [6.07, 6.45) is 3.28. The van der Waals surface area contributed by atoms with E-state index >= 15 is 0 Å². The third-order valence-corrected chi connectivity index (χ3v) is 3.96. The van der Waals surface area contributed by atoms with Crippen LogP contribution in [0.2, 0.25) is 0 Å². The SMILES string of the molecule is [2H]C([2H])([2H])NC(=O)c1nnc(N=C(C)NC#N)cc1Nc1cccc(-c2ncn(C)n2)c1OC. The van der Waals surface area contributed by atoms with Crippen LogP contribution in [-0.4, -0.2) is 50.8 Å². The Morgan fingerprint density at radius 1 is 1.35 bits per heavy atom. The average molecular weight is 423 g/mol. The van der Waals surface area contributed by atoms with Gasteiger partial charge in [0.25, 0.3) is 5.91 Å². The molecule has 0 radical (unpaired) electrons. The van der Waals surface area contributed by atoms with Gasteiger partial charge in [-0.3, -0.25) is 14.8 Å². The molecule has 0 atom stereocenters. The first kappa shape index (κ1) is 17.3. The van der Waals surface area contributed by atoms with Gasteiger partial charge in [0.15, 0.2) is 29.3 Å². The van der Waals surface area contributed by atoms with Gasteiger partial charge in [0, 0.05) is 24.2 Å². The Labute approximate surface area is 182 Å². The van der Waals surface area contributed by atoms with E-state index in [0.717, 1.165) is 0 Å².